The van der Waals surface area contributed by atoms with Gasteiger partial charge in [-0.1, -0.05) is 19.3 Å². The second-order valence-corrected chi connectivity index (χ2v) is 8.39. The van der Waals surface area contributed by atoms with Crippen LogP contribution in [0.5, 0.6) is 5.75 Å². The smallest absolute Gasteiger partial charge is 0.311 e. The first-order valence-corrected chi connectivity index (χ1v) is 11.3. The Morgan fingerprint density at radius 1 is 1.20 bits per heavy atom. The Morgan fingerprint density at radius 3 is 2.70 bits per heavy atom. The average molecular weight is 426 g/mol. The molecular formula is C24H28ClN3O2. The summed E-state index contributed by atoms with van der Waals surface area (Å²) in [6.45, 7) is 2.08. The van der Waals surface area contributed by atoms with E-state index in [2.05, 4.69) is 35.0 Å². The summed E-state index contributed by atoms with van der Waals surface area (Å²) in [6, 6.07) is 12.3. The highest BCUT2D eigenvalue weighted by molar-refractivity contribution is 6.17. The Morgan fingerprint density at radius 2 is 1.97 bits per heavy atom. The minimum atomic E-state index is -0.258. The molecule has 1 aromatic carbocycles. The molecule has 1 aliphatic carbocycles. The number of aryl methyl sites for hydroxylation is 1. The summed E-state index contributed by atoms with van der Waals surface area (Å²) in [5, 5.41) is 3.76. The van der Waals surface area contributed by atoms with Crippen LogP contribution in [0.3, 0.4) is 0 Å². The van der Waals surface area contributed by atoms with E-state index in [0.717, 1.165) is 22.7 Å². The van der Waals surface area contributed by atoms with Crippen LogP contribution in [0.15, 0.2) is 42.6 Å². The number of hydrogen-bond donors (Lipinski definition) is 1. The van der Waals surface area contributed by atoms with Crippen LogP contribution in [0.4, 0.5) is 5.82 Å². The maximum absolute atomic E-state index is 11.8. The number of ether oxygens (including phenoxy) is 1. The molecule has 30 heavy (non-hydrogen) atoms. The lowest BCUT2D eigenvalue weighted by Gasteiger charge is -2.24. The average Bonchev–Trinajstić information content (AvgIpc) is 3.11. The number of aromatic nitrogens is 2. The minimum absolute atomic E-state index is 0.258. The predicted molar refractivity (Wildman–Crippen MR) is 121 cm³/mol. The van der Waals surface area contributed by atoms with Crippen molar-refractivity contribution >= 4 is 29.0 Å². The monoisotopic (exact) mass is 425 g/mol. The Labute approximate surface area is 182 Å². The summed E-state index contributed by atoms with van der Waals surface area (Å²) in [5.74, 6) is 1.77. The molecule has 158 valence electrons. The van der Waals surface area contributed by atoms with E-state index in [1.54, 1.807) is 0 Å². The zero-order chi connectivity index (χ0) is 20.9. The molecule has 0 aliphatic heterocycles. The number of benzene rings is 1. The molecule has 3 aromatic rings. The zero-order valence-corrected chi connectivity index (χ0v) is 18.1. The third-order valence-corrected chi connectivity index (χ3v) is 5.87. The van der Waals surface area contributed by atoms with Gasteiger partial charge in [-0.3, -0.25) is 9.20 Å². The van der Waals surface area contributed by atoms with Crippen molar-refractivity contribution in [2.75, 3.05) is 11.2 Å². The van der Waals surface area contributed by atoms with Crippen molar-refractivity contribution in [1.82, 2.24) is 9.38 Å². The number of carbonyl (C=O) groups excluding carboxylic acids is 1. The van der Waals surface area contributed by atoms with Crippen molar-refractivity contribution in [2.24, 2.45) is 0 Å². The lowest BCUT2D eigenvalue weighted by atomic mass is 9.95. The Balaban J connectivity index is 1.62. The molecule has 0 radical (unpaired) electrons. The van der Waals surface area contributed by atoms with E-state index in [1.807, 2.05) is 24.3 Å². The van der Waals surface area contributed by atoms with Crippen LogP contribution in [0.25, 0.3) is 16.9 Å². The van der Waals surface area contributed by atoms with E-state index in [1.165, 1.54) is 37.7 Å². The molecule has 1 saturated carbocycles. The van der Waals surface area contributed by atoms with E-state index < -0.39 is 0 Å². The highest BCUT2D eigenvalue weighted by atomic mass is 35.5. The second-order valence-electron chi connectivity index (χ2n) is 8.01. The molecule has 0 spiro atoms. The molecular weight excluding hydrogens is 398 g/mol. The molecule has 1 fully saturated rings. The molecule has 1 aliphatic rings. The topological polar surface area (TPSA) is 55.6 Å². The number of rotatable bonds is 7. The van der Waals surface area contributed by atoms with E-state index >= 15 is 0 Å². The zero-order valence-electron chi connectivity index (χ0n) is 17.4. The molecule has 2 aromatic heterocycles. The molecule has 0 amide bonds. The van der Waals surface area contributed by atoms with Crippen molar-refractivity contribution in [1.29, 1.82) is 0 Å². The summed E-state index contributed by atoms with van der Waals surface area (Å²) in [7, 11) is 0. The fourth-order valence-electron chi connectivity index (χ4n) is 4.00. The van der Waals surface area contributed by atoms with Gasteiger partial charge < -0.3 is 10.1 Å². The van der Waals surface area contributed by atoms with Gasteiger partial charge in [-0.2, -0.15) is 0 Å². The van der Waals surface area contributed by atoms with Crippen LogP contribution in [-0.4, -0.2) is 27.3 Å². The van der Waals surface area contributed by atoms with Gasteiger partial charge in [0.2, 0.25) is 0 Å². The number of esters is 1. The number of imidazole rings is 1. The molecule has 0 bridgehead atoms. The number of pyridine rings is 1. The Bertz CT molecular complexity index is 1010. The number of carbonyl (C=O) groups is 1. The first-order valence-electron chi connectivity index (χ1n) is 10.8. The number of anilines is 1. The van der Waals surface area contributed by atoms with Gasteiger partial charge in [0, 0.05) is 30.1 Å². The van der Waals surface area contributed by atoms with Gasteiger partial charge in [-0.25, -0.2) is 4.98 Å². The highest BCUT2D eigenvalue weighted by Crippen LogP contribution is 2.32. The maximum atomic E-state index is 11.8. The minimum Gasteiger partial charge on any atom is -0.427 e. The standard InChI is InChI=1S/C24H28ClN3O2/c1-17-13-15-28-21(16-17)27-23(24(28)26-19-6-3-2-4-7-19)18-9-11-20(12-10-18)30-22(29)8-5-14-25/h9-13,15-16,19,26H,2-8,14H2,1H3. The fourth-order valence-corrected chi connectivity index (χ4v) is 4.13. The van der Waals surface area contributed by atoms with Crippen LogP contribution in [0, 0.1) is 6.92 Å². The van der Waals surface area contributed by atoms with Crippen molar-refractivity contribution in [3.05, 3.63) is 48.2 Å². The van der Waals surface area contributed by atoms with Crippen LogP contribution in [0.1, 0.15) is 50.5 Å². The molecule has 4 rings (SSSR count). The third-order valence-electron chi connectivity index (χ3n) is 5.60. The van der Waals surface area contributed by atoms with Crippen LogP contribution >= 0.6 is 11.6 Å². The Hall–Kier alpha value is -2.53. The van der Waals surface area contributed by atoms with Gasteiger partial charge in [0.15, 0.2) is 0 Å². The summed E-state index contributed by atoms with van der Waals surface area (Å²) < 4.78 is 7.53. The fraction of sp³-hybridized carbons (Fsp3) is 0.417. The quantitative estimate of drug-likeness (QED) is 0.287. The van der Waals surface area contributed by atoms with Gasteiger partial charge in [0.25, 0.3) is 0 Å². The van der Waals surface area contributed by atoms with Crippen molar-refractivity contribution in [3.8, 4) is 17.0 Å². The number of nitrogens with zero attached hydrogens (tertiary/aromatic N) is 2. The van der Waals surface area contributed by atoms with Crippen LogP contribution in [0.2, 0.25) is 0 Å². The summed E-state index contributed by atoms with van der Waals surface area (Å²) in [6.07, 6.45) is 9.27. The van der Waals surface area contributed by atoms with Gasteiger partial charge in [0.05, 0.1) is 0 Å². The number of fused-ring (bicyclic) bond motifs is 1. The molecule has 5 nitrogen and oxygen atoms in total. The number of alkyl halides is 1. The van der Waals surface area contributed by atoms with Crippen molar-refractivity contribution in [3.63, 3.8) is 0 Å². The number of hydrogen-bond acceptors (Lipinski definition) is 4. The van der Waals surface area contributed by atoms with Crippen molar-refractivity contribution in [2.45, 2.75) is 57.9 Å². The van der Waals surface area contributed by atoms with Crippen molar-refractivity contribution < 1.29 is 9.53 Å². The third kappa shape index (κ3) is 4.78. The second kappa shape index (κ2) is 9.52. The lowest BCUT2D eigenvalue weighted by Crippen LogP contribution is -2.23. The summed E-state index contributed by atoms with van der Waals surface area (Å²) in [4.78, 5) is 16.8. The molecule has 6 heteroatoms. The molecule has 0 saturated heterocycles. The maximum Gasteiger partial charge on any atom is 0.311 e. The highest BCUT2D eigenvalue weighted by Gasteiger charge is 2.20. The normalized spacial score (nSPS) is 14.7. The number of halogens is 1. The van der Waals surface area contributed by atoms with E-state index in [4.69, 9.17) is 21.3 Å². The summed E-state index contributed by atoms with van der Waals surface area (Å²) in [5.41, 5.74) is 4.03. The van der Waals surface area contributed by atoms with Gasteiger partial charge in [-0.05, 0) is 68.1 Å². The number of nitrogens with one attached hydrogen (secondary N) is 1. The van der Waals surface area contributed by atoms with E-state index in [0.29, 0.717) is 30.5 Å². The Kier molecular flexibility index (Phi) is 6.58. The lowest BCUT2D eigenvalue weighted by molar-refractivity contribution is -0.134. The van der Waals surface area contributed by atoms with Gasteiger partial charge >= 0.3 is 5.97 Å². The van der Waals surface area contributed by atoms with E-state index in [-0.39, 0.29) is 5.97 Å². The largest absolute Gasteiger partial charge is 0.427 e. The summed E-state index contributed by atoms with van der Waals surface area (Å²) >= 11 is 5.64. The first kappa shape index (κ1) is 20.7. The molecule has 0 atom stereocenters. The first-order chi connectivity index (χ1) is 14.6. The predicted octanol–water partition coefficient (Wildman–Crippen LogP) is 5.98. The van der Waals surface area contributed by atoms with Crippen LogP contribution < -0.4 is 10.1 Å². The van der Waals surface area contributed by atoms with Gasteiger partial charge in [-0.15, -0.1) is 11.6 Å². The van der Waals surface area contributed by atoms with E-state index in [9.17, 15) is 4.79 Å². The molecule has 0 unspecified atom stereocenters. The van der Waals surface area contributed by atoms with Gasteiger partial charge in [0.1, 0.15) is 22.9 Å². The molecule has 2 heterocycles. The SMILES string of the molecule is Cc1ccn2c(NC3CCCCC3)c(-c3ccc(OC(=O)CCCCl)cc3)nc2c1. The molecule has 1 N–H and O–H groups in total. The van der Waals surface area contributed by atoms with Crippen LogP contribution in [-0.2, 0) is 4.79 Å².